The van der Waals surface area contributed by atoms with Gasteiger partial charge in [-0.05, 0) is 38.1 Å². The maximum absolute atomic E-state index is 12.8. The van der Waals surface area contributed by atoms with Gasteiger partial charge in [-0.15, -0.1) is 12.4 Å². The van der Waals surface area contributed by atoms with Gasteiger partial charge in [-0.25, -0.2) is 16.8 Å². The zero-order valence-electron chi connectivity index (χ0n) is 12.8. The van der Waals surface area contributed by atoms with Crippen LogP contribution in [-0.4, -0.2) is 53.6 Å². The monoisotopic (exact) mass is 402 g/mol. The van der Waals surface area contributed by atoms with Crippen molar-refractivity contribution in [1.82, 2.24) is 9.62 Å². The molecule has 1 unspecified atom stereocenters. The summed E-state index contributed by atoms with van der Waals surface area (Å²) < 4.78 is 50.4. The molecule has 1 aliphatic heterocycles. The molecule has 1 saturated heterocycles. The average Bonchev–Trinajstić information content (AvgIpc) is 2.87. The smallest absolute Gasteiger partial charge is 0.244 e. The van der Waals surface area contributed by atoms with Crippen LogP contribution in [0.2, 0.25) is 5.02 Å². The summed E-state index contributed by atoms with van der Waals surface area (Å²) >= 11 is 6.02. The summed E-state index contributed by atoms with van der Waals surface area (Å²) in [6, 6.07) is 3.62. The highest BCUT2D eigenvalue weighted by molar-refractivity contribution is 7.91. The molecule has 1 aliphatic rings. The minimum atomic E-state index is -3.83. The molecule has 0 bridgehead atoms. The number of halogens is 2. The fourth-order valence-corrected chi connectivity index (χ4v) is 5.52. The molecule has 132 valence electrons. The summed E-state index contributed by atoms with van der Waals surface area (Å²) in [5.74, 6) is 0. The van der Waals surface area contributed by atoms with Crippen LogP contribution in [0.5, 0.6) is 0 Å². The average molecular weight is 403 g/mol. The Morgan fingerprint density at radius 1 is 1.30 bits per heavy atom. The van der Waals surface area contributed by atoms with E-state index < -0.39 is 19.9 Å². The first-order valence-corrected chi connectivity index (χ1v) is 10.5. The van der Waals surface area contributed by atoms with E-state index in [9.17, 15) is 16.8 Å². The molecule has 0 aromatic heterocycles. The summed E-state index contributed by atoms with van der Waals surface area (Å²) in [5, 5.41) is 3.01. The van der Waals surface area contributed by atoms with E-state index in [1.807, 2.05) is 0 Å². The number of hydrogen-bond acceptors (Lipinski definition) is 5. The van der Waals surface area contributed by atoms with Gasteiger partial charge < -0.3 is 5.32 Å². The second-order valence-corrected chi connectivity index (χ2v) is 9.62. The van der Waals surface area contributed by atoms with Crippen molar-refractivity contribution < 1.29 is 16.8 Å². The normalized spacial score (nSPS) is 19.5. The van der Waals surface area contributed by atoms with E-state index in [0.29, 0.717) is 13.1 Å². The number of benzene rings is 1. The van der Waals surface area contributed by atoms with Crippen LogP contribution in [-0.2, 0) is 19.9 Å². The molecular formula is C13H20Cl2N2O4S2. The van der Waals surface area contributed by atoms with Crippen molar-refractivity contribution in [2.45, 2.75) is 28.7 Å². The SMILES string of the molecule is CNCC1CCCN1S(=O)(=O)c1cc(S(C)(=O)=O)ccc1Cl.Cl. The summed E-state index contributed by atoms with van der Waals surface area (Å²) in [7, 11) is -5.57. The Bertz CT molecular complexity index is 766. The fourth-order valence-electron chi connectivity index (χ4n) is 2.60. The van der Waals surface area contributed by atoms with Crippen LogP contribution in [0.25, 0.3) is 0 Å². The van der Waals surface area contributed by atoms with Gasteiger partial charge in [-0.1, -0.05) is 11.6 Å². The molecule has 0 amide bonds. The molecule has 1 N–H and O–H groups in total. The maximum Gasteiger partial charge on any atom is 0.244 e. The van der Waals surface area contributed by atoms with Gasteiger partial charge >= 0.3 is 0 Å². The number of hydrogen-bond donors (Lipinski definition) is 1. The van der Waals surface area contributed by atoms with Crippen molar-refractivity contribution in [2.24, 2.45) is 0 Å². The first-order chi connectivity index (χ1) is 10.2. The van der Waals surface area contributed by atoms with E-state index >= 15 is 0 Å². The van der Waals surface area contributed by atoms with E-state index in [-0.39, 0.29) is 33.3 Å². The summed E-state index contributed by atoms with van der Waals surface area (Å²) in [5.41, 5.74) is 0. The summed E-state index contributed by atoms with van der Waals surface area (Å²) in [6.07, 6.45) is 2.57. The number of likely N-dealkylation sites (N-methyl/N-ethyl adjacent to an activating group) is 1. The van der Waals surface area contributed by atoms with Gasteiger partial charge in [0.2, 0.25) is 10.0 Å². The highest BCUT2D eigenvalue weighted by atomic mass is 35.5. The largest absolute Gasteiger partial charge is 0.318 e. The second kappa shape index (κ2) is 7.67. The number of nitrogens with one attached hydrogen (secondary N) is 1. The molecule has 1 aromatic carbocycles. The topological polar surface area (TPSA) is 83.6 Å². The third-order valence-electron chi connectivity index (χ3n) is 3.68. The lowest BCUT2D eigenvalue weighted by atomic mass is 10.2. The molecule has 10 heteroatoms. The van der Waals surface area contributed by atoms with Crippen molar-refractivity contribution in [1.29, 1.82) is 0 Å². The predicted octanol–water partition coefficient (Wildman–Crippen LogP) is 1.54. The molecule has 0 spiro atoms. The molecule has 6 nitrogen and oxygen atoms in total. The van der Waals surface area contributed by atoms with Crippen molar-refractivity contribution in [3.8, 4) is 0 Å². The highest BCUT2D eigenvalue weighted by Crippen LogP contribution is 2.31. The van der Waals surface area contributed by atoms with Gasteiger partial charge in [0.05, 0.1) is 9.92 Å². The second-order valence-electron chi connectivity index (χ2n) is 5.33. The maximum atomic E-state index is 12.8. The quantitative estimate of drug-likeness (QED) is 0.807. The van der Waals surface area contributed by atoms with Crippen LogP contribution in [0.1, 0.15) is 12.8 Å². The Balaban J connectivity index is 0.00000264. The molecule has 1 heterocycles. The van der Waals surface area contributed by atoms with Crippen molar-refractivity contribution in [3.05, 3.63) is 23.2 Å². The molecular weight excluding hydrogens is 383 g/mol. The molecule has 23 heavy (non-hydrogen) atoms. The van der Waals surface area contributed by atoms with Crippen molar-refractivity contribution in [3.63, 3.8) is 0 Å². The standard InChI is InChI=1S/C13H19ClN2O4S2.ClH/c1-15-9-10-4-3-7-16(10)22(19,20)13-8-11(21(2,17)18)5-6-12(13)14;/h5-6,8,10,15H,3-4,7,9H2,1-2H3;1H. The number of rotatable bonds is 5. The van der Waals surface area contributed by atoms with Crippen molar-refractivity contribution >= 4 is 43.9 Å². The van der Waals surface area contributed by atoms with E-state index in [1.165, 1.54) is 16.4 Å². The lowest BCUT2D eigenvalue weighted by Crippen LogP contribution is -2.40. The number of sulfonamides is 1. The summed E-state index contributed by atoms with van der Waals surface area (Å²) in [6.45, 7) is 0.955. The first-order valence-electron chi connectivity index (χ1n) is 6.84. The molecule has 1 atom stereocenters. The van der Waals surface area contributed by atoms with Crippen LogP contribution < -0.4 is 5.32 Å². The van der Waals surface area contributed by atoms with Gasteiger partial charge in [0.15, 0.2) is 9.84 Å². The Labute approximate surface area is 148 Å². The third-order valence-corrected chi connectivity index (χ3v) is 7.22. The Hall–Kier alpha value is -0.380. The molecule has 0 aliphatic carbocycles. The number of sulfone groups is 1. The van der Waals surface area contributed by atoms with Crippen LogP contribution in [0.3, 0.4) is 0 Å². The van der Waals surface area contributed by atoms with E-state index in [0.717, 1.165) is 25.2 Å². The van der Waals surface area contributed by atoms with E-state index in [4.69, 9.17) is 11.6 Å². The predicted molar refractivity (Wildman–Crippen MR) is 92.7 cm³/mol. The van der Waals surface area contributed by atoms with Crippen LogP contribution in [0.4, 0.5) is 0 Å². The molecule has 2 rings (SSSR count). The molecule has 1 fully saturated rings. The Morgan fingerprint density at radius 2 is 1.96 bits per heavy atom. The Kier molecular flexibility index (Phi) is 6.89. The number of nitrogens with zero attached hydrogens (tertiary/aromatic N) is 1. The minimum Gasteiger partial charge on any atom is -0.318 e. The molecule has 1 aromatic rings. The van der Waals surface area contributed by atoms with Gasteiger partial charge in [0, 0.05) is 25.4 Å². The van der Waals surface area contributed by atoms with Crippen molar-refractivity contribution in [2.75, 3.05) is 26.4 Å². The van der Waals surface area contributed by atoms with Gasteiger partial charge in [-0.2, -0.15) is 4.31 Å². The third kappa shape index (κ3) is 4.37. The van der Waals surface area contributed by atoms with Gasteiger partial charge in [0.25, 0.3) is 0 Å². The van der Waals surface area contributed by atoms with E-state index in [2.05, 4.69) is 5.32 Å². The molecule has 0 saturated carbocycles. The zero-order valence-corrected chi connectivity index (χ0v) is 16.0. The highest BCUT2D eigenvalue weighted by Gasteiger charge is 2.36. The van der Waals surface area contributed by atoms with Crippen LogP contribution in [0, 0.1) is 0 Å². The fraction of sp³-hybridized carbons (Fsp3) is 0.538. The van der Waals surface area contributed by atoms with Crippen LogP contribution in [0.15, 0.2) is 28.0 Å². The molecule has 0 radical (unpaired) electrons. The Morgan fingerprint density at radius 3 is 2.52 bits per heavy atom. The minimum absolute atomic E-state index is 0. The van der Waals surface area contributed by atoms with Gasteiger partial charge in [-0.3, -0.25) is 0 Å². The van der Waals surface area contributed by atoms with Gasteiger partial charge in [0.1, 0.15) is 4.90 Å². The lowest BCUT2D eigenvalue weighted by Gasteiger charge is -2.24. The van der Waals surface area contributed by atoms with Crippen LogP contribution >= 0.6 is 24.0 Å². The lowest BCUT2D eigenvalue weighted by molar-refractivity contribution is 0.379. The zero-order chi connectivity index (χ0) is 16.5. The van der Waals surface area contributed by atoms with E-state index in [1.54, 1.807) is 7.05 Å². The first kappa shape index (κ1) is 20.7. The summed E-state index contributed by atoms with van der Waals surface area (Å²) in [4.78, 5) is -0.208.